The first-order valence-electron chi connectivity index (χ1n) is 7.81. The molecule has 0 amide bonds. The minimum absolute atomic E-state index is 0.570. The van der Waals surface area contributed by atoms with Crippen molar-refractivity contribution in [2.75, 3.05) is 23.7 Å². The normalized spacial score (nSPS) is 10.6. The monoisotopic (exact) mass is 394 g/mol. The van der Waals surface area contributed by atoms with E-state index in [-0.39, 0.29) is 0 Å². The first-order valence-corrected chi connectivity index (χ1v) is 8.98. The molecule has 2 aromatic carbocycles. The van der Waals surface area contributed by atoms with E-state index in [4.69, 9.17) is 35.4 Å². The van der Waals surface area contributed by atoms with Crippen molar-refractivity contribution in [2.45, 2.75) is 6.54 Å². The maximum absolute atomic E-state index is 6.15. The molecular weight excluding hydrogens is 377 g/mol. The minimum Gasteiger partial charge on any atom is -0.379 e. The Morgan fingerprint density at radius 2 is 1.60 bits per heavy atom. The van der Waals surface area contributed by atoms with Gasteiger partial charge in [-0.25, -0.2) is 10.1 Å². The van der Waals surface area contributed by atoms with Crippen LogP contribution < -0.4 is 15.3 Å². The fourth-order valence-electron chi connectivity index (χ4n) is 2.44. The maximum Gasteiger partial charge on any atom is 0.375 e. The van der Waals surface area contributed by atoms with E-state index in [0.717, 1.165) is 11.6 Å². The van der Waals surface area contributed by atoms with Crippen LogP contribution in [0.3, 0.4) is 0 Å². The lowest BCUT2D eigenvalue weighted by Gasteiger charge is -2.09. The van der Waals surface area contributed by atoms with Crippen LogP contribution in [0.25, 0.3) is 0 Å². The molecule has 0 aliphatic rings. The number of aromatic amines is 2. The molecule has 3 aromatic rings. The molecule has 0 atom stereocenters. The summed E-state index contributed by atoms with van der Waals surface area (Å²) in [4.78, 5) is 3.12. The molecule has 8 heteroatoms. The van der Waals surface area contributed by atoms with Gasteiger partial charge in [0.1, 0.15) is 6.54 Å². The van der Waals surface area contributed by atoms with Gasteiger partial charge >= 0.3 is 5.95 Å². The number of anilines is 2. The smallest absolute Gasteiger partial charge is 0.375 e. The van der Waals surface area contributed by atoms with Gasteiger partial charge < -0.3 is 5.32 Å². The molecule has 1 heterocycles. The van der Waals surface area contributed by atoms with Crippen molar-refractivity contribution in [2.24, 2.45) is 0 Å². The summed E-state index contributed by atoms with van der Waals surface area (Å²) in [6.45, 7) is 2.01. The Labute approximate surface area is 161 Å². The van der Waals surface area contributed by atoms with Crippen molar-refractivity contribution in [3.63, 3.8) is 0 Å². The molecule has 5 nitrogen and oxygen atoms in total. The standard InChI is InChI=1S/C17H17Cl2N5S/c18-13-7-4-8-14(19)15(13)20-9-10-21-16-22-17(25)23-24(16)11-12-5-2-1-3-6-12/h1-8,20H,9-11H2,(H2,21,22,23,25)/p+1. The molecule has 25 heavy (non-hydrogen) atoms. The second-order valence-electron chi connectivity index (χ2n) is 5.44. The van der Waals surface area contributed by atoms with Crippen LogP contribution >= 0.6 is 35.4 Å². The summed E-state index contributed by atoms with van der Waals surface area (Å²) in [5.41, 5.74) is 1.92. The summed E-state index contributed by atoms with van der Waals surface area (Å²) in [5, 5.41) is 10.9. The fourth-order valence-corrected chi connectivity index (χ4v) is 3.18. The van der Waals surface area contributed by atoms with Crippen LogP contribution in [0.5, 0.6) is 0 Å². The molecule has 3 rings (SSSR count). The fraction of sp³-hybridized carbons (Fsp3) is 0.176. The Bertz CT molecular complexity index is 871. The summed E-state index contributed by atoms with van der Waals surface area (Å²) >= 11 is 17.5. The third kappa shape index (κ3) is 4.75. The Hall–Kier alpha value is -2.02. The van der Waals surface area contributed by atoms with Gasteiger partial charge in [-0.1, -0.05) is 59.6 Å². The zero-order valence-electron chi connectivity index (χ0n) is 13.4. The highest BCUT2D eigenvalue weighted by atomic mass is 35.5. The Kier molecular flexibility index (Phi) is 5.96. The predicted octanol–water partition coefficient (Wildman–Crippen LogP) is 4.24. The largest absolute Gasteiger partial charge is 0.379 e. The van der Waals surface area contributed by atoms with E-state index < -0.39 is 0 Å². The van der Waals surface area contributed by atoms with Crippen molar-refractivity contribution in [1.82, 2.24) is 10.1 Å². The van der Waals surface area contributed by atoms with Crippen molar-refractivity contribution < 1.29 is 4.68 Å². The summed E-state index contributed by atoms with van der Waals surface area (Å²) < 4.78 is 2.51. The molecule has 0 unspecified atom stereocenters. The third-order valence-corrected chi connectivity index (χ3v) is 4.43. The van der Waals surface area contributed by atoms with Crippen LogP contribution in [-0.4, -0.2) is 23.2 Å². The molecular formula is C17H18Cl2N5S+. The number of nitrogens with one attached hydrogen (secondary N) is 4. The van der Waals surface area contributed by atoms with Crippen molar-refractivity contribution >= 4 is 47.1 Å². The molecule has 0 bridgehead atoms. The van der Waals surface area contributed by atoms with Crippen molar-refractivity contribution in [1.29, 1.82) is 0 Å². The molecule has 0 saturated heterocycles. The van der Waals surface area contributed by atoms with Crippen LogP contribution in [0.2, 0.25) is 10.0 Å². The quantitative estimate of drug-likeness (QED) is 0.275. The summed E-state index contributed by atoms with van der Waals surface area (Å²) in [6.07, 6.45) is 0. The average Bonchev–Trinajstić information content (AvgIpc) is 2.94. The van der Waals surface area contributed by atoms with Crippen LogP contribution in [0.4, 0.5) is 11.6 Å². The lowest BCUT2D eigenvalue weighted by atomic mass is 10.2. The van der Waals surface area contributed by atoms with Crippen molar-refractivity contribution in [3.05, 3.63) is 68.9 Å². The molecule has 0 aliphatic heterocycles. The molecule has 130 valence electrons. The lowest BCUT2D eigenvalue weighted by Crippen LogP contribution is -2.39. The van der Waals surface area contributed by atoms with Crippen LogP contribution in [0, 0.1) is 4.77 Å². The Morgan fingerprint density at radius 3 is 2.32 bits per heavy atom. The van der Waals surface area contributed by atoms with E-state index in [0.29, 0.717) is 34.5 Å². The number of hydrogen-bond acceptors (Lipinski definition) is 3. The van der Waals surface area contributed by atoms with Gasteiger partial charge in [0.2, 0.25) is 0 Å². The van der Waals surface area contributed by atoms with Crippen LogP contribution in [-0.2, 0) is 6.54 Å². The third-order valence-electron chi connectivity index (χ3n) is 3.60. The van der Waals surface area contributed by atoms with E-state index in [2.05, 4.69) is 32.8 Å². The molecule has 4 N–H and O–H groups in total. The lowest BCUT2D eigenvalue weighted by molar-refractivity contribution is -0.730. The van der Waals surface area contributed by atoms with Gasteiger partial charge in [-0.2, -0.15) is 4.68 Å². The number of aromatic nitrogens is 3. The first kappa shape index (κ1) is 17.8. The van der Waals surface area contributed by atoms with Gasteiger partial charge in [0, 0.05) is 6.54 Å². The minimum atomic E-state index is 0.570. The number of hydrogen-bond donors (Lipinski definition) is 4. The number of para-hydroxylation sites is 1. The highest BCUT2D eigenvalue weighted by Crippen LogP contribution is 2.29. The van der Waals surface area contributed by atoms with Crippen LogP contribution in [0.15, 0.2) is 48.5 Å². The van der Waals surface area contributed by atoms with Gasteiger partial charge in [-0.3, -0.25) is 5.32 Å². The zero-order valence-corrected chi connectivity index (χ0v) is 15.7. The van der Waals surface area contributed by atoms with Gasteiger partial charge in [-0.15, -0.1) is 0 Å². The predicted molar refractivity (Wildman–Crippen MR) is 105 cm³/mol. The van der Waals surface area contributed by atoms with E-state index in [9.17, 15) is 0 Å². The second kappa shape index (κ2) is 8.38. The number of halogens is 2. The molecule has 0 saturated carbocycles. The number of rotatable bonds is 7. The zero-order chi connectivity index (χ0) is 17.6. The van der Waals surface area contributed by atoms with E-state index >= 15 is 0 Å². The van der Waals surface area contributed by atoms with E-state index in [1.165, 1.54) is 5.56 Å². The highest BCUT2D eigenvalue weighted by molar-refractivity contribution is 7.71. The van der Waals surface area contributed by atoms with E-state index in [1.807, 2.05) is 28.9 Å². The SMILES string of the molecule is S=c1[nH]c(NCCNc2c(Cl)cccc2Cl)[n+](Cc2ccccc2)[nH]1. The van der Waals surface area contributed by atoms with E-state index in [1.54, 1.807) is 12.1 Å². The van der Waals surface area contributed by atoms with Gasteiger partial charge in [-0.05, 0) is 29.9 Å². The molecule has 1 aromatic heterocycles. The summed E-state index contributed by atoms with van der Waals surface area (Å²) in [7, 11) is 0. The van der Waals surface area contributed by atoms with Gasteiger partial charge in [0.15, 0.2) is 0 Å². The van der Waals surface area contributed by atoms with Crippen molar-refractivity contribution in [3.8, 4) is 0 Å². The number of nitrogens with zero attached hydrogens (tertiary/aromatic N) is 1. The van der Waals surface area contributed by atoms with Gasteiger partial charge in [0.05, 0.1) is 22.3 Å². The van der Waals surface area contributed by atoms with Gasteiger partial charge in [0.25, 0.3) is 4.77 Å². The highest BCUT2D eigenvalue weighted by Gasteiger charge is 2.12. The second-order valence-corrected chi connectivity index (χ2v) is 6.66. The molecule has 0 fully saturated rings. The topological polar surface area (TPSA) is 59.5 Å². The average molecular weight is 395 g/mol. The van der Waals surface area contributed by atoms with Crippen LogP contribution in [0.1, 0.15) is 5.56 Å². The molecule has 0 spiro atoms. The maximum atomic E-state index is 6.15. The first-order chi connectivity index (χ1) is 12.1. The number of H-pyrrole nitrogens is 2. The summed E-state index contributed by atoms with van der Waals surface area (Å²) in [6, 6.07) is 15.6. The summed E-state index contributed by atoms with van der Waals surface area (Å²) in [5.74, 6) is 0.820. The Balaban J connectivity index is 1.59. The molecule has 0 aliphatic carbocycles. The Morgan fingerprint density at radius 1 is 0.920 bits per heavy atom. The molecule has 0 radical (unpaired) electrons. The number of benzene rings is 2.